The maximum absolute atomic E-state index is 12.7. The van der Waals surface area contributed by atoms with E-state index in [1.54, 1.807) is 18.2 Å². The monoisotopic (exact) mass is 371 g/mol. The van der Waals surface area contributed by atoms with Gasteiger partial charge in [0.25, 0.3) is 11.8 Å². The Morgan fingerprint density at radius 1 is 1.12 bits per heavy atom. The number of nitrogens with one attached hydrogen (secondary N) is 1. The van der Waals surface area contributed by atoms with Crippen LogP contribution in [0.3, 0.4) is 0 Å². The molecule has 0 saturated heterocycles. The van der Waals surface area contributed by atoms with Gasteiger partial charge in [-0.15, -0.1) is 0 Å². The van der Waals surface area contributed by atoms with Crippen LogP contribution in [0, 0.1) is 0 Å². The Morgan fingerprint density at radius 2 is 1.81 bits per heavy atom. The Kier molecular flexibility index (Phi) is 4.64. The third kappa shape index (κ3) is 3.12. The van der Waals surface area contributed by atoms with Crippen LogP contribution < -0.4 is 20.1 Å². The van der Waals surface area contributed by atoms with Crippen molar-refractivity contribution in [2.24, 2.45) is 0 Å². The zero-order chi connectivity index (χ0) is 18.8. The third-order valence-corrected chi connectivity index (χ3v) is 4.08. The second-order valence-corrected chi connectivity index (χ2v) is 5.70. The van der Waals surface area contributed by atoms with Gasteiger partial charge in [0.1, 0.15) is 16.5 Å². The fraction of sp³-hybridized carbons (Fsp3) is 0.0556. The van der Waals surface area contributed by atoms with E-state index >= 15 is 0 Å². The molecule has 0 spiro atoms. The minimum atomic E-state index is -1.31. The Hall–Kier alpha value is -3.32. The van der Waals surface area contributed by atoms with E-state index in [-0.39, 0.29) is 16.3 Å². The number of methoxy groups -OCH3 is 1. The van der Waals surface area contributed by atoms with Crippen molar-refractivity contribution in [3.63, 3.8) is 0 Å². The summed E-state index contributed by atoms with van der Waals surface area (Å²) in [6, 6.07) is 12.0. The first-order valence-corrected chi connectivity index (χ1v) is 7.81. The quantitative estimate of drug-likeness (QED) is 0.799. The van der Waals surface area contributed by atoms with Gasteiger partial charge in [0.05, 0.1) is 18.8 Å². The number of carboxylic acids is 1. The van der Waals surface area contributed by atoms with Gasteiger partial charge in [-0.25, -0.2) is 4.90 Å². The topological polar surface area (TPSA) is 98.8 Å². The highest BCUT2D eigenvalue weighted by Crippen LogP contribution is 2.31. The number of benzene rings is 2. The highest BCUT2D eigenvalue weighted by Gasteiger charge is 2.39. The van der Waals surface area contributed by atoms with Crippen LogP contribution in [0.2, 0.25) is 0 Å². The Balaban J connectivity index is 1.87. The first-order valence-electron chi connectivity index (χ1n) is 7.43. The maximum Gasteiger partial charge on any atom is 0.283 e. The molecule has 0 atom stereocenters. The van der Waals surface area contributed by atoms with Crippen molar-refractivity contribution in [2.45, 2.75) is 0 Å². The van der Waals surface area contributed by atoms with E-state index in [1.807, 2.05) is 0 Å². The summed E-state index contributed by atoms with van der Waals surface area (Å²) >= 11 is 6.04. The molecule has 1 aliphatic rings. The molecule has 1 aliphatic heterocycles. The van der Waals surface area contributed by atoms with Gasteiger partial charge in [0, 0.05) is 11.8 Å². The molecule has 0 saturated carbocycles. The van der Waals surface area contributed by atoms with Crippen LogP contribution in [0.4, 0.5) is 11.4 Å². The fourth-order valence-corrected chi connectivity index (χ4v) is 2.64. The molecule has 0 aromatic heterocycles. The summed E-state index contributed by atoms with van der Waals surface area (Å²) in [7, 11) is 1.47. The van der Waals surface area contributed by atoms with Gasteiger partial charge in [-0.1, -0.05) is 29.8 Å². The fourth-order valence-electron chi connectivity index (χ4n) is 2.43. The van der Waals surface area contributed by atoms with Crippen molar-refractivity contribution in [3.8, 4) is 5.75 Å². The van der Waals surface area contributed by atoms with Crippen LogP contribution in [0.1, 0.15) is 10.4 Å². The summed E-state index contributed by atoms with van der Waals surface area (Å²) < 4.78 is 5.10. The number of hydrogen-bond acceptors (Lipinski definition) is 6. The van der Waals surface area contributed by atoms with Gasteiger partial charge in [-0.2, -0.15) is 0 Å². The van der Waals surface area contributed by atoms with Gasteiger partial charge in [-0.05, 0) is 29.8 Å². The summed E-state index contributed by atoms with van der Waals surface area (Å²) in [4.78, 5) is 36.8. The van der Waals surface area contributed by atoms with Crippen LogP contribution in [-0.2, 0) is 9.59 Å². The Bertz CT molecular complexity index is 937. The number of amides is 2. The zero-order valence-electron chi connectivity index (χ0n) is 13.5. The van der Waals surface area contributed by atoms with E-state index in [0.29, 0.717) is 17.1 Å². The number of hydrogen-bond donors (Lipinski definition) is 1. The summed E-state index contributed by atoms with van der Waals surface area (Å²) in [5, 5.41) is 13.3. The molecule has 132 valence electrons. The van der Waals surface area contributed by atoms with Crippen LogP contribution in [0.5, 0.6) is 5.75 Å². The van der Waals surface area contributed by atoms with E-state index in [9.17, 15) is 19.5 Å². The Morgan fingerprint density at radius 3 is 2.42 bits per heavy atom. The molecular formula is C18H12ClN2O5-. The first-order chi connectivity index (χ1) is 12.4. The highest BCUT2D eigenvalue weighted by molar-refractivity contribution is 6.53. The summed E-state index contributed by atoms with van der Waals surface area (Å²) in [5.41, 5.74) is 0.613. The smallest absolute Gasteiger partial charge is 0.283 e. The molecule has 2 amide bonds. The van der Waals surface area contributed by atoms with Crippen LogP contribution >= 0.6 is 11.6 Å². The van der Waals surface area contributed by atoms with Crippen molar-refractivity contribution in [1.82, 2.24) is 0 Å². The van der Waals surface area contributed by atoms with Crippen molar-refractivity contribution >= 4 is 40.8 Å². The molecule has 26 heavy (non-hydrogen) atoms. The molecule has 2 aromatic carbocycles. The van der Waals surface area contributed by atoms with Crippen LogP contribution in [0.15, 0.2) is 59.3 Å². The van der Waals surface area contributed by atoms with Gasteiger partial charge in [0.15, 0.2) is 0 Å². The van der Waals surface area contributed by atoms with Gasteiger partial charge >= 0.3 is 0 Å². The molecule has 0 fully saturated rings. The number of anilines is 2. The minimum absolute atomic E-state index is 0.0116. The lowest BCUT2D eigenvalue weighted by Gasteiger charge is -2.16. The molecule has 3 rings (SSSR count). The normalized spacial score (nSPS) is 14.0. The second kappa shape index (κ2) is 6.89. The number of nitrogens with zero attached hydrogens (tertiary/aromatic N) is 1. The molecule has 8 heteroatoms. The number of carboxylic acid groups (broad SMARTS) is 1. The van der Waals surface area contributed by atoms with Crippen molar-refractivity contribution in [3.05, 3.63) is 64.8 Å². The Labute approximate surface area is 153 Å². The van der Waals surface area contributed by atoms with Crippen LogP contribution in [-0.4, -0.2) is 24.9 Å². The van der Waals surface area contributed by atoms with Gasteiger partial charge in [-0.3, -0.25) is 9.59 Å². The average Bonchev–Trinajstić information content (AvgIpc) is 2.85. The van der Waals surface area contributed by atoms with E-state index in [0.717, 1.165) is 4.90 Å². The van der Waals surface area contributed by atoms with E-state index in [4.69, 9.17) is 16.3 Å². The zero-order valence-corrected chi connectivity index (χ0v) is 14.2. The molecule has 0 bridgehead atoms. The molecular weight excluding hydrogens is 360 g/mol. The number of ether oxygens (including phenoxy) is 1. The highest BCUT2D eigenvalue weighted by atomic mass is 35.5. The SMILES string of the molecule is COc1cccc(N2C(=O)C(Cl)=C(Nc3ccc(C(=O)[O-])cc3)C2=O)c1. The lowest BCUT2D eigenvalue weighted by atomic mass is 10.2. The number of halogens is 1. The van der Waals surface area contributed by atoms with E-state index in [1.165, 1.54) is 37.4 Å². The van der Waals surface area contributed by atoms with E-state index < -0.39 is 17.8 Å². The van der Waals surface area contributed by atoms with Crippen LogP contribution in [0.25, 0.3) is 0 Å². The lowest BCUT2D eigenvalue weighted by Crippen LogP contribution is -2.32. The first kappa shape index (κ1) is 17.5. The number of carbonyl (C=O) groups is 3. The van der Waals surface area contributed by atoms with Gasteiger partial charge in [0.2, 0.25) is 0 Å². The molecule has 1 N–H and O–H groups in total. The predicted octanol–water partition coefficient (Wildman–Crippen LogP) is 1.49. The predicted molar refractivity (Wildman–Crippen MR) is 92.8 cm³/mol. The van der Waals surface area contributed by atoms with Crippen molar-refractivity contribution in [2.75, 3.05) is 17.3 Å². The maximum atomic E-state index is 12.7. The average molecular weight is 372 g/mol. The van der Waals surface area contributed by atoms with E-state index in [2.05, 4.69) is 5.32 Å². The van der Waals surface area contributed by atoms with Crippen molar-refractivity contribution in [1.29, 1.82) is 0 Å². The molecule has 0 radical (unpaired) electrons. The molecule has 1 heterocycles. The molecule has 2 aromatic rings. The second-order valence-electron chi connectivity index (χ2n) is 5.33. The summed E-state index contributed by atoms with van der Waals surface area (Å²) in [6.45, 7) is 0. The number of imide groups is 1. The summed E-state index contributed by atoms with van der Waals surface area (Å²) in [6.07, 6.45) is 0. The number of rotatable bonds is 5. The standard InChI is InChI=1S/C18H13ClN2O5/c1-26-13-4-2-3-12(9-13)21-16(22)14(19)15(17(21)23)20-11-7-5-10(6-8-11)18(24)25/h2-9,20H,1H3,(H,24,25)/p-1. The number of aromatic carboxylic acids is 1. The molecule has 0 unspecified atom stereocenters. The third-order valence-electron chi connectivity index (χ3n) is 3.73. The number of carbonyl (C=O) groups excluding carboxylic acids is 3. The lowest BCUT2D eigenvalue weighted by molar-refractivity contribution is -0.255. The van der Waals surface area contributed by atoms with Gasteiger partial charge < -0.3 is 20.0 Å². The summed E-state index contributed by atoms with van der Waals surface area (Å²) in [5.74, 6) is -2.13. The van der Waals surface area contributed by atoms with Crippen molar-refractivity contribution < 1.29 is 24.2 Å². The minimum Gasteiger partial charge on any atom is -0.545 e. The molecule has 7 nitrogen and oxygen atoms in total. The largest absolute Gasteiger partial charge is 0.545 e. The molecule has 0 aliphatic carbocycles.